The maximum atomic E-state index is 11.8. The summed E-state index contributed by atoms with van der Waals surface area (Å²) < 4.78 is 0. The van der Waals surface area contributed by atoms with Gasteiger partial charge in [0.1, 0.15) is 0 Å². The quantitative estimate of drug-likeness (QED) is 0.584. The first-order valence-electron chi connectivity index (χ1n) is 6.43. The second-order valence-corrected chi connectivity index (χ2v) is 5.08. The van der Waals surface area contributed by atoms with E-state index in [0.29, 0.717) is 16.6 Å². The van der Waals surface area contributed by atoms with Gasteiger partial charge in [0.05, 0.1) is 0 Å². The Morgan fingerprint density at radius 2 is 1.89 bits per heavy atom. The van der Waals surface area contributed by atoms with Crippen LogP contribution in [-0.4, -0.2) is 17.6 Å². The lowest BCUT2D eigenvalue weighted by molar-refractivity contribution is 0.0943. The van der Waals surface area contributed by atoms with Crippen molar-refractivity contribution in [3.8, 4) is 0 Å². The summed E-state index contributed by atoms with van der Waals surface area (Å²) in [6, 6.07) is 7.35. The predicted octanol–water partition coefficient (Wildman–Crippen LogP) is 2.15. The predicted molar refractivity (Wildman–Crippen MR) is 81.8 cm³/mol. The zero-order chi connectivity index (χ0) is 14.3. The molecule has 1 aromatic carbocycles. The van der Waals surface area contributed by atoms with Crippen LogP contribution in [0.15, 0.2) is 24.3 Å². The Bertz CT molecular complexity index is 431. The molecule has 19 heavy (non-hydrogen) atoms. The van der Waals surface area contributed by atoms with Crippen LogP contribution in [0.2, 0.25) is 0 Å². The molecular formula is C14H21N3OS. The molecule has 0 saturated heterocycles. The number of aryl methyl sites for hydroxylation is 1. The van der Waals surface area contributed by atoms with Gasteiger partial charge in [-0.15, -0.1) is 0 Å². The number of nitrogens with one attached hydrogen (secondary N) is 3. The molecule has 1 amide bonds. The van der Waals surface area contributed by atoms with Crippen LogP contribution < -0.4 is 16.2 Å². The lowest BCUT2D eigenvalue weighted by atomic mass is 10.1. The zero-order valence-electron chi connectivity index (χ0n) is 11.6. The highest BCUT2D eigenvalue weighted by Gasteiger charge is 2.05. The van der Waals surface area contributed by atoms with E-state index >= 15 is 0 Å². The number of carbonyl (C=O) groups excluding carboxylic acids is 1. The van der Waals surface area contributed by atoms with Gasteiger partial charge in [-0.2, -0.15) is 0 Å². The fourth-order valence-corrected chi connectivity index (χ4v) is 1.48. The van der Waals surface area contributed by atoms with E-state index in [0.717, 1.165) is 18.5 Å². The minimum Gasteiger partial charge on any atom is -0.361 e. The molecule has 1 unspecified atom stereocenters. The molecule has 0 aromatic heterocycles. The number of hydrogen-bond donors (Lipinski definition) is 3. The van der Waals surface area contributed by atoms with Crippen molar-refractivity contribution in [3.05, 3.63) is 35.4 Å². The normalized spacial score (nSPS) is 11.5. The van der Waals surface area contributed by atoms with E-state index in [1.165, 1.54) is 0 Å². The maximum Gasteiger partial charge on any atom is 0.269 e. The van der Waals surface area contributed by atoms with Crippen LogP contribution in [-0.2, 0) is 0 Å². The Morgan fingerprint density at radius 1 is 1.26 bits per heavy atom. The van der Waals surface area contributed by atoms with Gasteiger partial charge in [0.15, 0.2) is 5.11 Å². The molecule has 0 radical (unpaired) electrons. The lowest BCUT2D eigenvalue weighted by Crippen LogP contribution is -2.47. The number of hydrogen-bond acceptors (Lipinski definition) is 2. The number of amides is 1. The number of benzene rings is 1. The summed E-state index contributed by atoms with van der Waals surface area (Å²) in [7, 11) is 0. The third-order valence-corrected chi connectivity index (χ3v) is 3.16. The highest BCUT2D eigenvalue weighted by atomic mass is 32.1. The van der Waals surface area contributed by atoms with Crippen LogP contribution in [0.5, 0.6) is 0 Å². The number of thiocarbonyl (C=S) groups is 1. The Labute approximate surface area is 119 Å². The largest absolute Gasteiger partial charge is 0.361 e. The summed E-state index contributed by atoms with van der Waals surface area (Å²) in [5.74, 6) is 0.347. The van der Waals surface area contributed by atoms with E-state index in [-0.39, 0.29) is 5.91 Å². The van der Waals surface area contributed by atoms with Gasteiger partial charge in [0, 0.05) is 12.1 Å². The smallest absolute Gasteiger partial charge is 0.269 e. The molecule has 3 N–H and O–H groups in total. The topological polar surface area (TPSA) is 53.2 Å². The van der Waals surface area contributed by atoms with Gasteiger partial charge in [0.2, 0.25) is 0 Å². The third-order valence-electron chi connectivity index (χ3n) is 2.91. The van der Waals surface area contributed by atoms with Crippen molar-refractivity contribution in [1.29, 1.82) is 0 Å². The fraction of sp³-hybridized carbons (Fsp3) is 0.429. The standard InChI is InChI=1S/C14H21N3OS/c1-4-10(2)9-15-14(19)17-16-13(18)12-7-5-11(3)6-8-12/h5-8,10H,4,9H2,1-3H3,(H,16,18)(H2,15,17,19). The monoisotopic (exact) mass is 279 g/mol. The molecule has 0 spiro atoms. The van der Waals surface area contributed by atoms with Gasteiger partial charge in [0.25, 0.3) is 5.91 Å². The average Bonchev–Trinajstić information content (AvgIpc) is 2.42. The highest BCUT2D eigenvalue weighted by Crippen LogP contribution is 2.02. The molecule has 0 fully saturated rings. The van der Waals surface area contributed by atoms with Gasteiger partial charge < -0.3 is 5.32 Å². The van der Waals surface area contributed by atoms with Crippen molar-refractivity contribution < 1.29 is 4.79 Å². The van der Waals surface area contributed by atoms with Crippen LogP contribution in [0.3, 0.4) is 0 Å². The molecule has 0 heterocycles. The fourth-order valence-electron chi connectivity index (χ4n) is 1.35. The Hall–Kier alpha value is -1.62. The van der Waals surface area contributed by atoms with Crippen molar-refractivity contribution in [2.45, 2.75) is 27.2 Å². The van der Waals surface area contributed by atoms with Crippen LogP contribution in [0.1, 0.15) is 36.2 Å². The molecule has 5 heteroatoms. The van der Waals surface area contributed by atoms with E-state index in [1.807, 2.05) is 19.1 Å². The minimum absolute atomic E-state index is 0.201. The Morgan fingerprint density at radius 3 is 2.47 bits per heavy atom. The second-order valence-electron chi connectivity index (χ2n) is 4.67. The van der Waals surface area contributed by atoms with Gasteiger partial charge in [-0.3, -0.25) is 15.6 Å². The highest BCUT2D eigenvalue weighted by molar-refractivity contribution is 7.80. The van der Waals surface area contributed by atoms with Gasteiger partial charge in [-0.05, 0) is 37.2 Å². The van der Waals surface area contributed by atoms with E-state index in [9.17, 15) is 4.79 Å². The van der Waals surface area contributed by atoms with Gasteiger partial charge in [-0.25, -0.2) is 0 Å². The molecule has 1 rings (SSSR count). The van der Waals surface area contributed by atoms with Crippen molar-refractivity contribution in [2.75, 3.05) is 6.54 Å². The summed E-state index contributed by atoms with van der Waals surface area (Å²) in [6.45, 7) is 7.04. The first-order chi connectivity index (χ1) is 9.02. The summed E-state index contributed by atoms with van der Waals surface area (Å²) in [4.78, 5) is 11.8. The van der Waals surface area contributed by atoms with Crippen LogP contribution in [0.4, 0.5) is 0 Å². The van der Waals surface area contributed by atoms with E-state index in [1.54, 1.807) is 12.1 Å². The third kappa shape index (κ3) is 5.70. The van der Waals surface area contributed by atoms with Crippen molar-refractivity contribution in [1.82, 2.24) is 16.2 Å². The first-order valence-corrected chi connectivity index (χ1v) is 6.84. The van der Waals surface area contributed by atoms with Crippen LogP contribution >= 0.6 is 12.2 Å². The Balaban J connectivity index is 2.34. The SMILES string of the molecule is CCC(C)CNC(=S)NNC(=O)c1ccc(C)cc1. The zero-order valence-corrected chi connectivity index (χ0v) is 12.4. The number of hydrazine groups is 1. The molecule has 0 bridgehead atoms. The summed E-state index contributed by atoms with van der Waals surface area (Å²) >= 11 is 5.07. The van der Waals surface area contributed by atoms with Crippen molar-refractivity contribution in [3.63, 3.8) is 0 Å². The second kappa shape index (κ2) is 7.74. The number of carbonyl (C=O) groups is 1. The van der Waals surface area contributed by atoms with E-state index < -0.39 is 0 Å². The molecule has 1 atom stereocenters. The maximum absolute atomic E-state index is 11.8. The molecule has 1 aromatic rings. The van der Waals surface area contributed by atoms with E-state index in [4.69, 9.17) is 12.2 Å². The summed E-state index contributed by atoms with van der Waals surface area (Å²) in [6.07, 6.45) is 1.09. The van der Waals surface area contributed by atoms with Crippen molar-refractivity contribution in [2.24, 2.45) is 5.92 Å². The molecule has 0 aliphatic carbocycles. The van der Waals surface area contributed by atoms with E-state index in [2.05, 4.69) is 30.0 Å². The molecule has 0 aliphatic rings. The molecular weight excluding hydrogens is 258 g/mol. The van der Waals surface area contributed by atoms with Crippen LogP contribution in [0, 0.1) is 12.8 Å². The minimum atomic E-state index is -0.201. The van der Waals surface area contributed by atoms with Gasteiger partial charge >= 0.3 is 0 Å². The number of rotatable bonds is 4. The summed E-state index contributed by atoms with van der Waals surface area (Å²) in [5, 5.41) is 3.49. The lowest BCUT2D eigenvalue weighted by Gasteiger charge is -2.14. The van der Waals surface area contributed by atoms with Gasteiger partial charge in [-0.1, -0.05) is 38.0 Å². The molecule has 0 aliphatic heterocycles. The first kappa shape index (κ1) is 15.4. The van der Waals surface area contributed by atoms with Crippen LogP contribution in [0.25, 0.3) is 0 Å². The van der Waals surface area contributed by atoms with Crippen molar-refractivity contribution >= 4 is 23.2 Å². The molecule has 0 saturated carbocycles. The molecule has 4 nitrogen and oxygen atoms in total. The average molecular weight is 279 g/mol. The Kier molecular flexibility index (Phi) is 6.29. The molecule has 104 valence electrons. The summed E-state index contributed by atoms with van der Waals surface area (Å²) in [5.41, 5.74) is 6.98.